The highest BCUT2D eigenvalue weighted by atomic mass is 15.3. The van der Waals surface area contributed by atoms with E-state index in [1.165, 1.54) is 0 Å². The Morgan fingerprint density at radius 1 is 1.47 bits per heavy atom. The van der Waals surface area contributed by atoms with Gasteiger partial charge in [-0.3, -0.25) is 5.10 Å². The van der Waals surface area contributed by atoms with Crippen molar-refractivity contribution in [2.45, 2.75) is 13.3 Å². The largest absolute Gasteiger partial charge is 0.353 e. The molecule has 0 aliphatic carbocycles. The molecule has 15 heavy (non-hydrogen) atoms. The van der Waals surface area contributed by atoms with Gasteiger partial charge in [-0.2, -0.15) is 10.1 Å². The number of nitrogens with zero attached hydrogens (tertiary/aromatic N) is 4. The van der Waals surface area contributed by atoms with E-state index >= 15 is 0 Å². The molecule has 0 aliphatic rings. The highest BCUT2D eigenvalue weighted by molar-refractivity contribution is 5.49. The van der Waals surface area contributed by atoms with Crippen LogP contribution in [0.2, 0.25) is 0 Å². The predicted octanol–water partition coefficient (Wildman–Crippen LogP) is 1.08. The molecule has 0 radical (unpaired) electrons. The van der Waals surface area contributed by atoms with Crippen LogP contribution < -0.4 is 5.32 Å². The average molecular weight is 204 g/mol. The van der Waals surface area contributed by atoms with Crippen LogP contribution in [0.1, 0.15) is 13.3 Å². The van der Waals surface area contributed by atoms with Crippen LogP contribution in [-0.4, -0.2) is 31.9 Å². The normalized spacial score (nSPS) is 10.2. The summed E-state index contributed by atoms with van der Waals surface area (Å²) >= 11 is 0. The molecule has 78 valence electrons. The van der Waals surface area contributed by atoms with Crippen LogP contribution in [0.3, 0.4) is 0 Å². The number of hydrogen-bond donors (Lipinski definition) is 2. The van der Waals surface area contributed by atoms with Crippen LogP contribution in [0.15, 0.2) is 18.3 Å². The molecule has 0 aromatic carbocycles. The van der Waals surface area contributed by atoms with Crippen LogP contribution in [-0.2, 0) is 0 Å². The minimum Gasteiger partial charge on any atom is -0.353 e. The monoisotopic (exact) mass is 204 g/mol. The average Bonchev–Trinajstić information content (AvgIpc) is 2.76. The zero-order chi connectivity index (χ0) is 10.5. The topological polar surface area (TPSA) is 79.4 Å². The summed E-state index contributed by atoms with van der Waals surface area (Å²) in [5, 5.41) is 17.6. The summed E-state index contributed by atoms with van der Waals surface area (Å²) in [4.78, 5) is 4.24. The van der Waals surface area contributed by atoms with E-state index in [-0.39, 0.29) is 0 Å². The molecule has 2 aromatic heterocycles. The molecule has 0 fully saturated rings. The van der Waals surface area contributed by atoms with E-state index in [1.54, 1.807) is 6.20 Å². The Morgan fingerprint density at radius 3 is 3.13 bits per heavy atom. The van der Waals surface area contributed by atoms with Gasteiger partial charge in [0.1, 0.15) is 5.69 Å². The number of H-pyrrole nitrogens is 1. The van der Waals surface area contributed by atoms with Crippen molar-refractivity contribution < 1.29 is 0 Å². The van der Waals surface area contributed by atoms with Crippen LogP contribution >= 0.6 is 0 Å². The van der Waals surface area contributed by atoms with E-state index in [1.807, 2.05) is 12.1 Å². The van der Waals surface area contributed by atoms with Crippen molar-refractivity contribution in [1.29, 1.82) is 0 Å². The first kappa shape index (κ1) is 9.57. The molecule has 6 nitrogen and oxygen atoms in total. The van der Waals surface area contributed by atoms with Crippen molar-refractivity contribution in [3.63, 3.8) is 0 Å². The molecule has 0 atom stereocenters. The second-order valence-corrected chi connectivity index (χ2v) is 3.04. The maximum absolute atomic E-state index is 4.24. The molecule has 0 bridgehead atoms. The second-order valence-electron chi connectivity index (χ2n) is 3.04. The van der Waals surface area contributed by atoms with Crippen molar-refractivity contribution in [3.05, 3.63) is 18.3 Å². The van der Waals surface area contributed by atoms with Gasteiger partial charge in [0.15, 0.2) is 5.82 Å². The van der Waals surface area contributed by atoms with Gasteiger partial charge in [0.25, 0.3) is 0 Å². The number of aromatic nitrogens is 5. The maximum atomic E-state index is 4.24. The quantitative estimate of drug-likeness (QED) is 0.779. The minimum atomic E-state index is 0.595. The van der Waals surface area contributed by atoms with Gasteiger partial charge < -0.3 is 5.32 Å². The predicted molar refractivity (Wildman–Crippen MR) is 56.2 cm³/mol. The van der Waals surface area contributed by atoms with Crippen molar-refractivity contribution in [2.75, 3.05) is 11.9 Å². The highest BCUT2D eigenvalue weighted by Gasteiger charge is 2.05. The number of hydrogen-bond acceptors (Lipinski definition) is 5. The number of nitrogens with one attached hydrogen (secondary N) is 2. The van der Waals surface area contributed by atoms with E-state index in [2.05, 4.69) is 37.6 Å². The first-order valence-corrected chi connectivity index (χ1v) is 4.84. The van der Waals surface area contributed by atoms with Gasteiger partial charge in [0, 0.05) is 12.7 Å². The van der Waals surface area contributed by atoms with Gasteiger partial charge in [0.2, 0.25) is 5.95 Å². The zero-order valence-electron chi connectivity index (χ0n) is 8.44. The lowest BCUT2D eigenvalue weighted by molar-refractivity contribution is 0.954. The fourth-order valence-corrected chi connectivity index (χ4v) is 1.12. The molecule has 0 amide bonds. The molecule has 6 heteroatoms. The van der Waals surface area contributed by atoms with Crippen molar-refractivity contribution >= 4 is 5.95 Å². The third-order valence-corrected chi connectivity index (χ3v) is 1.83. The lowest BCUT2D eigenvalue weighted by Crippen LogP contribution is -2.00. The number of rotatable bonds is 4. The Morgan fingerprint density at radius 2 is 2.40 bits per heavy atom. The molecule has 0 saturated carbocycles. The molecular formula is C9H12N6. The van der Waals surface area contributed by atoms with Crippen molar-refractivity contribution in [1.82, 2.24) is 25.4 Å². The molecule has 2 aromatic rings. The molecule has 0 aliphatic heterocycles. The highest BCUT2D eigenvalue weighted by Crippen LogP contribution is 2.10. The van der Waals surface area contributed by atoms with Gasteiger partial charge in [-0.1, -0.05) is 6.92 Å². The van der Waals surface area contributed by atoms with Crippen molar-refractivity contribution in [2.24, 2.45) is 0 Å². The van der Waals surface area contributed by atoms with E-state index < -0.39 is 0 Å². The molecule has 2 N–H and O–H groups in total. The number of aromatic amines is 1. The Kier molecular flexibility index (Phi) is 2.87. The first-order chi connectivity index (χ1) is 7.40. The second kappa shape index (κ2) is 4.50. The van der Waals surface area contributed by atoms with Crippen molar-refractivity contribution in [3.8, 4) is 11.5 Å². The summed E-state index contributed by atoms with van der Waals surface area (Å²) in [5.74, 6) is 1.22. The van der Waals surface area contributed by atoms with E-state index in [9.17, 15) is 0 Å². The minimum absolute atomic E-state index is 0.595. The molecule has 2 rings (SSSR count). The fraction of sp³-hybridized carbons (Fsp3) is 0.333. The summed E-state index contributed by atoms with van der Waals surface area (Å²) in [6.07, 6.45) is 2.66. The summed E-state index contributed by atoms with van der Waals surface area (Å²) in [6.45, 7) is 2.95. The summed E-state index contributed by atoms with van der Waals surface area (Å²) < 4.78 is 0. The van der Waals surface area contributed by atoms with Gasteiger partial charge in [-0.25, -0.2) is 0 Å². The van der Waals surface area contributed by atoms with Gasteiger partial charge in [-0.15, -0.1) is 10.2 Å². The van der Waals surface area contributed by atoms with Crippen LogP contribution in [0, 0.1) is 0 Å². The lowest BCUT2D eigenvalue weighted by Gasteiger charge is -1.95. The number of anilines is 1. The first-order valence-electron chi connectivity index (χ1n) is 4.84. The van der Waals surface area contributed by atoms with E-state index in [0.717, 1.165) is 13.0 Å². The summed E-state index contributed by atoms with van der Waals surface area (Å²) in [7, 11) is 0. The van der Waals surface area contributed by atoms with Crippen LogP contribution in [0.4, 0.5) is 5.95 Å². The molecule has 0 saturated heterocycles. The van der Waals surface area contributed by atoms with Gasteiger partial charge in [-0.05, 0) is 18.6 Å². The van der Waals surface area contributed by atoms with Gasteiger partial charge >= 0.3 is 0 Å². The Balaban J connectivity index is 2.14. The van der Waals surface area contributed by atoms with E-state index in [0.29, 0.717) is 17.5 Å². The van der Waals surface area contributed by atoms with E-state index in [4.69, 9.17) is 0 Å². The van der Waals surface area contributed by atoms with Crippen LogP contribution in [0.5, 0.6) is 0 Å². The fourth-order valence-electron chi connectivity index (χ4n) is 1.12. The molecule has 0 unspecified atom stereocenters. The Labute approximate surface area is 87.2 Å². The summed E-state index contributed by atoms with van der Waals surface area (Å²) in [6, 6.07) is 3.64. The third-order valence-electron chi connectivity index (χ3n) is 1.83. The zero-order valence-corrected chi connectivity index (χ0v) is 8.44. The Hall–Kier alpha value is -1.98. The standard InChI is InChI=1S/C9H12N6/c1-2-5-10-9-12-8(14-15-9)7-4-3-6-11-13-7/h3-4,6H,2,5H2,1H3,(H2,10,12,14,15). The maximum Gasteiger partial charge on any atom is 0.242 e. The van der Waals surface area contributed by atoms with Crippen LogP contribution in [0.25, 0.3) is 11.5 Å². The SMILES string of the molecule is CCCNc1n[nH]c(-c2cccnn2)n1. The Bertz CT molecular complexity index is 410. The smallest absolute Gasteiger partial charge is 0.242 e. The molecular weight excluding hydrogens is 192 g/mol. The molecule has 2 heterocycles. The third kappa shape index (κ3) is 2.28. The summed E-state index contributed by atoms with van der Waals surface area (Å²) in [5.41, 5.74) is 0.689. The molecule has 0 spiro atoms. The van der Waals surface area contributed by atoms with Gasteiger partial charge in [0.05, 0.1) is 0 Å². The lowest BCUT2D eigenvalue weighted by atomic mass is 10.4.